The van der Waals surface area contributed by atoms with Crippen molar-refractivity contribution in [3.05, 3.63) is 0 Å². The minimum absolute atomic E-state index is 0.205. The number of hydrogen-bond acceptors (Lipinski definition) is 12. The van der Waals surface area contributed by atoms with Gasteiger partial charge in [0.1, 0.15) is 24.9 Å². The fraction of sp³-hybridized carbons (Fsp3) is 0.947. The molecule has 35 heavy (non-hydrogen) atoms. The van der Waals surface area contributed by atoms with E-state index in [4.69, 9.17) is 14.9 Å². The maximum absolute atomic E-state index is 11.8. The molecule has 2 unspecified atom stereocenters. The Morgan fingerprint density at radius 1 is 0.686 bits per heavy atom. The molecule has 0 saturated heterocycles. The molecule has 0 aromatic heterocycles. The number of aliphatic hydroxyl groups is 4. The number of rotatable bonds is 23. The van der Waals surface area contributed by atoms with Crippen LogP contribution in [-0.4, -0.2) is 94.1 Å². The molecule has 0 saturated carbocycles. The first-order chi connectivity index (χ1) is 16.4. The summed E-state index contributed by atoms with van der Waals surface area (Å²) in [6.45, 7) is -2.08. The maximum Gasteiger partial charge on any atom is 0.472 e. The van der Waals surface area contributed by atoms with Gasteiger partial charge in [0.05, 0.1) is 33.0 Å². The molecule has 0 spiro atoms. The highest BCUT2D eigenvalue weighted by Gasteiger charge is 2.27. The van der Waals surface area contributed by atoms with Gasteiger partial charge >= 0.3 is 21.6 Å². The van der Waals surface area contributed by atoms with Gasteiger partial charge in [0.15, 0.2) is 0 Å². The summed E-state index contributed by atoms with van der Waals surface area (Å²) in [5, 5.41) is 37.0. The summed E-state index contributed by atoms with van der Waals surface area (Å²) in [6, 6.07) is 0. The molecule has 0 rings (SSSR count). The van der Waals surface area contributed by atoms with Crippen molar-refractivity contribution in [1.29, 1.82) is 0 Å². The first-order valence-corrected chi connectivity index (χ1v) is 14.4. The molecule has 5 atom stereocenters. The molecule has 0 aliphatic rings. The number of phosphoric acid groups is 2. The van der Waals surface area contributed by atoms with E-state index in [0.717, 1.165) is 25.7 Å². The molecule has 14 nitrogen and oxygen atoms in total. The van der Waals surface area contributed by atoms with E-state index < -0.39 is 79.6 Å². The average Bonchev–Trinajstić information content (AvgIpc) is 2.81. The highest BCUT2D eigenvalue weighted by Crippen LogP contribution is 2.45. The van der Waals surface area contributed by atoms with Crippen molar-refractivity contribution in [1.82, 2.24) is 0 Å². The van der Waals surface area contributed by atoms with Crippen LogP contribution < -0.4 is 0 Å². The number of ether oxygens (including phenoxy) is 1. The molecule has 0 aromatic rings. The second-order valence-electron chi connectivity index (χ2n) is 7.82. The molecule has 0 aromatic carbocycles. The summed E-state index contributed by atoms with van der Waals surface area (Å²) >= 11 is 0. The largest absolute Gasteiger partial charge is 0.472 e. The van der Waals surface area contributed by atoms with Crippen LogP contribution in [0.4, 0.5) is 0 Å². The zero-order valence-corrected chi connectivity index (χ0v) is 21.8. The normalized spacial score (nSPS) is 17.8. The van der Waals surface area contributed by atoms with Gasteiger partial charge in [-0.3, -0.25) is 22.9 Å². The number of unbranched alkanes of at least 4 members (excludes halogenated alkanes) is 6. The van der Waals surface area contributed by atoms with Crippen molar-refractivity contribution in [3.8, 4) is 0 Å². The van der Waals surface area contributed by atoms with E-state index in [2.05, 4.69) is 25.0 Å². The molecule has 0 heterocycles. The number of hydrogen-bond donors (Lipinski definition) is 6. The van der Waals surface area contributed by atoms with E-state index in [1.165, 1.54) is 12.8 Å². The van der Waals surface area contributed by atoms with E-state index in [9.17, 15) is 33.9 Å². The Balaban J connectivity index is 4.01. The number of carbonyl (C=O) groups is 1. The second-order valence-corrected chi connectivity index (χ2v) is 10.7. The third-order valence-corrected chi connectivity index (χ3v) is 6.25. The first-order valence-electron chi connectivity index (χ1n) is 11.4. The lowest BCUT2D eigenvalue weighted by molar-refractivity contribution is -0.147. The molecule has 0 aliphatic heterocycles. The van der Waals surface area contributed by atoms with E-state index in [0.29, 0.717) is 6.42 Å². The molecule has 6 N–H and O–H groups in total. The molecule has 0 aliphatic carbocycles. The van der Waals surface area contributed by atoms with Crippen molar-refractivity contribution < 1.29 is 67.0 Å². The Morgan fingerprint density at radius 3 is 1.54 bits per heavy atom. The van der Waals surface area contributed by atoms with Gasteiger partial charge in [-0.2, -0.15) is 0 Å². The molecule has 16 heteroatoms. The van der Waals surface area contributed by atoms with Gasteiger partial charge in [-0.25, -0.2) is 9.13 Å². The smallest absolute Gasteiger partial charge is 0.463 e. The summed E-state index contributed by atoms with van der Waals surface area (Å²) in [4.78, 5) is 30.6. The Morgan fingerprint density at radius 2 is 1.09 bits per heavy atom. The van der Waals surface area contributed by atoms with Crippen molar-refractivity contribution >= 4 is 21.6 Å². The third kappa shape index (κ3) is 21.3. The van der Waals surface area contributed by atoms with Gasteiger partial charge in [-0.05, 0) is 6.42 Å². The van der Waals surface area contributed by atoms with E-state index in [1.807, 2.05) is 0 Å². The van der Waals surface area contributed by atoms with Crippen molar-refractivity contribution in [2.45, 2.75) is 76.6 Å². The quantitative estimate of drug-likeness (QED) is 0.0590. The predicted molar refractivity (Wildman–Crippen MR) is 122 cm³/mol. The fourth-order valence-electron chi connectivity index (χ4n) is 2.43. The minimum Gasteiger partial charge on any atom is -0.463 e. The number of aliphatic hydroxyl groups excluding tert-OH is 4. The zero-order chi connectivity index (χ0) is 26.7. The molecular weight excluding hydrogens is 514 g/mol. The molecule has 0 radical (unpaired) electrons. The number of carbonyl (C=O) groups excluding carboxylic acids is 1. The highest BCUT2D eigenvalue weighted by molar-refractivity contribution is 7.47. The van der Waals surface area contributed by atoms with Crippen LogP contribution in [0.5, 0.6) is 0 Å². The van der Waals surface area contributed by atoms with Crippen LogP contribution in [0.3, 0.4) is 0 Å². The van der Waals surface area contributed by atoms with Crippen LogP contribution in [0, 0.1) is 0 Å². The van der Waals surface area contributed by atoms with Gasteiger partial charge < -0.3 is 34.9 Å². The monoisotopic (exact) mass is 554 g/mol. The van der Waals surface area contributed by atoms with Crippen molar-refractivity contribution in [3.63, 3.8) is 0 Å². The molecule has 0 fully saturated rings. The summed E-state index contributed by atoms with van der Waals surface area (Å²) in [5.74, 6) is -0.500. The van der Waals surface area contributed by atoms with E-state index in [-0.39, 0.29) is 6.42 Å². The Bertz CT molecular complexity index is 649. The lowest BCUT2D eigenvalue weighted by Gasteiger charge is -2.18. The summed E-state index contributed by atoms with van der Waals surface area (Å²) in [5.41, 5.74) is 0. The topological polar surface area (TPSA) is 219 Å². The van der Waals surface area contributed by atoms with Crippen LogP contribution in [0.2, 0.25) is 0 Å². The lowest BCUT2D eigenvalue weighted by atomic mass is 10.1. The molecular formula is C19H40O14P2. The zero-order valence-electron chi connectivity index (χ0n) is 20.0. The van der Waals surface area contributed by atoms with Crippen molar-refractivity contribution in [2.75, 3.05) is 39.6 Å². The Kier molecular flexibility index (Phi) is 19.4. The second kappa shape index (κ2) is 19.6. The number of phosphoric ester groups is 2. The van der Waals surface area contributed by atoms with Crippen LogP contribution in [0.15, 0.2) is 0 Å². The van der Waals surface area contributed by atoms with Gasteiger partial charge in [0.2, 0.25) is 0 Å². The van der Waals surface area contributed by atoms with Gasteiger partial charge in [-0.1, -0.05) is 45.4 Å². The highest BCUT2D eigenvalue weighted by atomic mass is 31.2. The summed E-state index contributed by atoms with van der Waals surface area (Å²) in [7, 11) is -9.37. The molecule has 0 amide bonds. The third-order valence-electron chi connectivity index (χ3n) is 4.35. The lowest BCUT2D eigenvalue weighted by Crippen LogP contribution is -2.24. The predicted octanol–water partition coefficient (Wildman–Crippen LogP) is 1.01. The van der Waals surface area contributed by atoms with Crippen molar-refractivity contribution in [2.24, 2.45) is 0 Å². The van der Waals surface area contributed by atoms with Gasteiger partial charge in [0, 0.05) is 6.42 Å². The fourth-order valence-corrected chi connectivity index (χ4v) is 4.02. The standard InChI is InChI=1S/C19H40O14P2/c1-2-3-4-5-6-7-8-9-19(24)29-11-17(22)13-31-35(27,28)33-15-18(23)14-32-34(25,26)30-12-16(21)10-20/h16-18,20-23H,2-15H2,1H3,(H,25,26)(H,27,28)/t16-,17-,18+/m1/s1. The number of esters is 1. The molecule has 0 bridgehead atoms. The first kappa shape index (κ1) is 34.5. The van der Waals surface area contributed by atoms with Crippen LogP contribution >= 0.6 is 15.6 Å². The maximum atomic E-state index is 11.8. The Labute approximate surface area is 205 Å². The van der Waals surface area contributed by atoms with E-state index >= 15 is 0 Å². The Hall–Kier alpha value is -0.470. The SMILES string of the molecule is CCCCCCCCCC(=O)OC[C@@H](O)COP(=O)(O)OC[C@@H](O)COP(=O)(O)OC[C@H](O)CO. The van der Waals surface area contributed by atoms with Crippen LogP contribution in [-0.2, 0) is 36.8 Å². The van der Waals surface area contributed by atoms with Gasteiger partial charge in [0.25, 0.3) is 0 Å². The van der Waals surface area contributed by atoms with E-state index in [1.54, 1.807) is 0 Å². The van der Waals surface area contributed by atoms with Gasteiger partial charge in [-0.15, -0.1) is 0 Å². The molecule has 210 valence electrons. The minimum atomic E-state index is -4.72. The summed E-state index contributed by atoms with van der Waals surface area (Å²) < 4.78 is 46.1. The summed E-state index contributed by atoms with van der Waals surface area (Å²) in [6.07, 6.45) is 3.05. The van der Waals surface area contributed by atoms with Crippen LogP contribution in [0.25, 0.3) is 0 Å². The van der Waals surface area contributed by atoms with Crippen LogP contribution in [0.1, 0.15) is 58.3 Å². The average molecular weight is 554 g/mol.